The van der Waals surface area contributed by atoms with Gasteiger partial charge in [-0.2, -0.15) is 0 Å². The largest absolute Gasteiger partial charge is 0.490 e. The SMILES string of the molecule is O=C(CSCc1ccc(F)cc1Cl)Nc1ccc2c(c1)OCCCO2. The van der Waals surface area contributed by atoms with Crippen LogP contribution in [0.1, 0.15) is 12.0 Å². The molecule has 25 heavy (non-hydrogen) atoms. The van der Waals surface area contributed by atoms with Crippen molar-refractivity contribution in [1.82, 2.24) is 0 Å². The minimum Gasteiger partial charge on any atom is -0.490 e. The highest BCUT2D eigenvalue weighted by Gasteiger charge is 2.12. The van der Waals surface area contributed by atoms with Crippen LogP contribution in [-0.4, -0.2) is 24.9 Å². The Kier molecular flexibility index (Phi) is 6.04. The van der Waals surface area contributed by atoms with Crippen molar-refractivity contribution in [3.63, 3.8) is 0 Å². The first-order valence-electron chi connectivity index (χ1n) is 7.83. The van der Waals surface area contributed by atoms with Gasteiger partial charge in [0.2, 0.25) is 5.91 Å². The summed E-state index contributed by atoms with van der Waals surface area (Å²) in [6, 6.07) is 9.61. The zero-order valence-corrected chi connectivity index (χ0v) is 15.0. The third kappa shape index (κ3) is 5.03. The van der Waals surface area contributed by atoms with Gasteiger partial charge in [-0.05, 0) is 29.8 Å². The number of fused-ring (bicyclic) bond motifs is 1. The molecule has 2 aromatic carbocycles. The molecule has 0 unspecified atom stereocenters. The van der Waals surface area contributed by atoms with Crippen molar-refractivity contribution in [1.29, 1.82) is 0 Å². The lowest BCUT2D eigenvalue weighted by atomic mass is 10.2. The molecule has 0 radical (unpaired) electrons. The van der Waals surface area contributed by atoms with Gasteiger partial charge in [0.05, 0.1) is 19.0 Å². The Labute approximate surface area is 154 Å². The fraction of sp³-hybridized carbons (Fsp3) is 0.278. The number of hydrogen-bond donors (Lipinski definition) is 1. The van der Waals surface area contributed by atoms with E-state index in [1.54, 1.807) is 24.3 Å². The molecule has 3 rings (SSSR count). The molecule has 1 aliphatic heterocycles. The van der Waals surface area contributed by atoms with E-state index in [1.807, 2.05) is 0 Å². The quantitative estimate of drug-likeness (QED) is 0.827. The van der Waals surface area contributed by atoms with Gasteiger partial charge in [-0.1, -0.05) is 17.7 Å². The number of rotatable bonds is 5. The van der Waals surface area contributed by atoms with Crippen LogP contribution in [0.2, 0.25) is 5.02 Å². The van der Waals surface area contributed by atoms with Crippen LogP contribution in [0.4, 0.5) is 10.1 Å². The molecule has 0 saturated heterocycles. The molecule has 4 nitrogen and oxygen atoms in total. The van der Waals surface area contributed by atoms with Crippen LogP contribution in [0.15, 0.2) is 36.4 Å². The van der Waals surface area contributed by atoms with E-state index in [1.165, 1.54) is 23.9 Å². The highest BCUT2D eigenvalue weighted by atomic mass is 35.5. The Balaban J connectivity index is 1.51. The van der Waals surface area contributed by atoms with Crippen molar-refractivity contribution in [2.45, 2.75) is 12.2 Å². The second kappa shape index (κ2) is 8.45. The van der Waals surface area contributed by atoms with E-state index in [4.69, 9.17) is 21.1 Å². The Morgan fingerprint density at radius 3 is 2.76 bits per heavy atom. The van der Waals surface area contributed by atoms with Crippen LogP contribution in [0.3, 0.4) is 0 Å². The van der Waals surface area contributed by atoms with E-state index in [0.717, 1.165) is 12.0 Å². The van der Waals surface area contributed by atoms with Crippen LogP contribution in [-0.2, 0) is 10.5 Å². The Hall–Kier alpha value is -1.92. The number of benzene rings is 2. The zero-order valence-electron chi connectivity index (χ0n) is 13.4. The number of amides is 1. The molecule has 0 aromatic heterocycles. The third-order valence-corrected chi connectivity index (χ3v) is 4.87. The number of thioether (sulfide) groups is 1. The van der Waals surface area contributed by atoms with Gasteiger partial charge in [0.15, 0.2) is 11.5 Å². The Bertz CT molecular complexity index is 772. The highest BCUT2D eigenvalue weighted by molar-refractivity contribution is 7.99. The van der Waals surface area contributed by atoms with Crippen LogP contribution >= 0.6 is 23.4 Å². The van der Waals surface area contributed by atoms with Gasteiger partial charge in [-0.3, -0.25) is 4.79 Å². The summed E-state index contributed by atoms with van der Waals surface area (Å²) < 4.78 is 24.2. The van der Waals surface area contributed by atoms with E-state index >= 15 is 0 Å². The number of carbonyl (C=O) groups is 1. The van der Waals surface area contributed by atoms with Crippen molar-refractivity contribution in [3.05, 3.63) is 52.8 Å². The first-order valence-corrected chi connectivity index (χ1v) is 9.36. The fourth-order valence-corrected chi connectivity index (χ4v) is 3.48. The number of nitrogens with one attached hydrogen (secondary N) is 1. The molecule has 2 aromatic rings. The minimum atomic E-state index is -0.370. The first-order chi connectivity index (χ1) is 12.1. The van der Waals surface area contributed by atoms with Crippen LogP contribution in [0, 0.1) is 5.82 Å². The second-order valence-electron chi connectivity index (χ2n) is 5.49. The fourth-order valence-electron chi connectivity index (χ4n) is 2.33. The molecular weight excluding hydrogens is 365 g/mol. The smallest absolute Gasteiger partial charge is 0.234 e. The highest BCUT2D eigenvalue weighted by Crippen LogP contribution is 2.32. The summed E-state index contributed by atoms with van der Waals surface area (Å²) in [5.74, 6) is 1.64. The molecule has 1 N–H and O–H groups in total. The molecule has 0 fully saturated rings. The number of halogens is 2. The van der Waals surface area contributed by atoms with Gasteiger partial charge < -0.3 is 14.8 Å². The van der Waals surface area contributed by atoms with E-state index < -0.39 is 0 Å². The predicted molar refractivity (Wildman–Crippen MR) is 98.3 cm³/mol. The topological polar surface area (TPSA) is 47.6 Å². The second-order valence-corrected chi connectivity index (χ2v) is 6.88. The van der Waals surface area contributed by atoms with E-state index in [-0.39, 0.29) is 17.5 Å². The summed E-state index contributed by atoms with van der Waals surface area (Å²) in [6.45, 7) is 1.22. The standard InChI is InChI=1S/C18H17ClFNO3S/c19-15-8-13(20)3-2-12(15)10-25-11-18(22)21-14-4-5-16-17(9-14)24-7-1-6-23-16/h2-5,8-9H,1,6-7,10-11H2,(H,21,22). The molecule has 0 spiro atoms. The van der Waals surface area contributed by atoms with Crippen molar-refractivity contribution in [2.24, 2.45) is 0 Å². The summed E-state index contributed by atoms with van der Waals surface area (Å²) in [5.41, 5.74) is 1.46. The third-order valence-electron chi connectivity index (χ3n) is 3.54. The lowest BCUT2D eigenvalue weighted by molar-refractivity contribution is -0.113. The molecule has 132 valence electrons. The summed E-state index contributed by atoms with van der Waals surface area (Å²) in [7, 11) is 0. The summed E-state index contributed by atoms with van der Waals surface area (Å²) in [4.78, 5) is 12.1. The van der Waals surface area contributed by atoms with Gasteiger partial charge >= 0.3 is 0 Å². The maximum atomic E-state index is 13.0. The van der Waals surface area contributed by atoms with Crippen LogP contribution in [0.25, 0.3) is 0 Å². The summed E-state index contributed by atoms with van der Waals surface area (Å²) in [5, 5.41) is 3.21. The van der Waals surface area contributed by atoms with Gasteiger partial charge in [0.1, 0.15) is 5.82 Å². The van der Waals surface area contributed by atoms with Gasteiger partial charge in [-0.15, -0.1) is 11.8 Å². The molecule has 1 amide bonds. The van der Waals surface area contributed by atoms with Crippen molar-refractivity contribution < 1.29 is 18.7 Å². The van der Waals surface area contributed by atoms with Crippen molar-refractivity contribution >= 4 is 35.0 Å². The lowest BCUT2D eigenvalue weighted by Crippen LogP contribution is -2.14. The molecule has 7 heteroatoms. The molecule has 0 saturated carbocycles. The number of hydrogen-bond acceptors (Lipinski definition) is 4. The van der Waals surface area contributed by atoms with Crippen molar-refractivity contribution in [3.8, 4) is 11.5 Å². The minimum absolute atomic E-state index is 0.127. The average Bonchev–Trinajstić information content (AvgIpc) is 2.82. The van der Waals surface area contributed by atoms with E-state index in [2.05, 4.69) is 5.32 Å². The maximum Gasteiger partial charge on any atom is 0.234 e. The molecule has 0 aliphatic carbocycles. The number of ether oxygens (including phenoxy) is 2. The molecular formula is C18H17ClFNO3S. The molecule has 0 bridgehead atoms. The van der Waals surface area contributed by atoms with Gasteiger partial charge in [0.25, 0.3) is 0 Å². The normalized spacial score (nSPS) is 13.2. The number of carbonyl (C=O) groups excluding carboxylic acids is 1. The lowest BCUT2D eigenvalue weighted by Gasteiger charge is -2.10. The summed E-state index contributed by atoms with van der Waals surface area (Å²) >= 11 is 7.39. The predicted octanol–water partition coefficient (Wildman–Crippen LogP) is 4.51. The van der Waals surface area contributed by atoms with E-state index in [9.17, 15) is 9.18 Å². The van der Waals surface area contributed by atoms with Crippen LogP contribution < -0.4 is 14.8 Å². The Morgan fingerprint density at radius 2 is 1.96 bits per heavy atom. The monoisotopic (exact) mass is 381 g/mol. The maximum absolute atomic E-state index is 13.0. The van der Waals surface area contributed by atoms with E-state index in [0.29, 0.717) is 41.2 Å². The van der Waals surface area contributed by atoms with Crippen molar-refractivity contribution in [2.75, 3.05) is 24.3 Å². The van der Waals surface area contributed by atoms with Crippen LogP contribution in [0.5, 0.6) is 11.5 Å². The summed E-state index contributed by atoms with van der Waals surface area (Å²) in [6.07, 6.45) is 0.832. The molecule has 1 aliphatic rings. The zero-order chi connectivity index (χ0) is 17.6. The molecule has 0 atom stereocenters. The average molecular weight is 382 g/mol. The Morgan fingerprint density at radius 1 is 1.16 bits per heavy atom. The van der Waals surface area contributed by atoms with Gasteiger partial charge in [-0.25, -0.2) is 4.39 Å². The molecule has 1 heterocycles. The number of anilines is 1. The van der Waals surface area contributed by atoms with Gasteiger partial charge in [0, 0.05) is 29.0 Å². The first kappa shape index (κ1) is 17.9.